The average Bonchev–Trinajstić information content (AvgIpc) is 3.08. The van der Waals surface area contributed by atoms with Crippen molar-refractivity contribution in [2.75, 3.05) is 25.5 Å². The molecule has 1 aromatic heterocycles. The summed E-state index contributed by atoms with van der Waals surface area (Å²) in [5.41, 5.74) is 3.17. The molecule has 0 amide bonds. The van der Waals surface area contributed by atoms with Crippen LogP contribution in [0, 0.1) is 5.92 Å². The molecule has 0 saturated carbocycles. The van der Waals surface area contributed by atoms with Crippen molar-refractivity contribution in [2.24, 2.45) is 13.0 Å². The Morgan fingerprint density at radius 3 is 2.68 bits per heavy atom. The van der Waals surface area contributed by atoms with Gasteiger partial charge >= 0.3 is 0 Å². The Hall–Kier alpha value is -2.55. The summed E-state index contributed by atoms with van der Waals surface area (Å²) in [6.07, 6.45) is 3.83. The highest BCUT2D eigenvalue weighted by Crippen LogP contribution is 2.32. The summed E-state index contributed by atoms with van der Waals surface area (Å²) in [7, 11) is 0.286. The second kappa shape index (κ2) is 7.85. The number of nitrogens with zero attached hydrogens (tertiary/aromatic N) is 2. The van der Waals surface area contributed by atoms with Gasteiger partial charge < -0.3 is 14.6 Å². The Kier molecular flexibility index (Phi) is 5.16. The van der Waals surface area contributed by atoms with E-state index >= 15 is 0 Å². The molecule has 2 N–H and O–H groups in total. The highest BCUT2D eigenvalue weighted by molar-refractivity contribution is 7.89. The van der Waals surface area contributed by atoms with E-state index < -0.39 is 10.0 Å². The minimum Gasteiger partial charge on any atom is -0.497 e. The maximum absolute atomic E-state index is 12.6. The molecule has 1 saturated heterocycles. The van der Waals surface area contributed by atoms with Crippen molar-refractivity contribution in [1.29, 1.82) is 0 Å². The molecule has 2 aliphatic rings. The van der Waals surface area contributed by atoms with E-state index in [1.807, 2.05) is 18.2 Å². The van der Waals surface area contributed by atoms with Gasteiger partial charge in [-0.1, -0.05) is 12.1 Å². The van der Waals surface area contributed by atoms with Crippen LogP contribution in [-0.4, -0.2) is 44.2 Å². The van der Waals surface area contributed by atoms with Crippen LogP contribution in [0.4, 0.5) is 5.69 Å². The van der Waals surface area contributed by atoms with E-state index in [9.17, 15) is 8.42 Å². The maximum Gasteiger partial charge on any atom is 0.244 e. The zero-order valence-corrected chi connectivity index (χ0v) is 18.7. The first-order chi connectivity index (χ1) is 14.9. The number of nitrogens with one attached hydrogen (secondary N) is 2. The molecule has 2 aliphatic heterocycles. The second-order valence-corrected chi connectivity index (χ2v) is 10.2. The smallest absolute Gasteiger partial charge is 0.244 e. The van der Waals surface area contributed by atoms with Crippen LogP contribution in [0.15, 0.2) is 53.6 Å². The Balaban J connectivity index is 1.26. The van der Waals surface area contributed by atoms with E-state index in [1.165, 1.54) is 16.5 Å². The average molecular weight is 441 g/mol. The first-order valence-electron chi connectivity index (χ1n) is 10.7. The van der Waals surface area contributed by atoms with Gasteiger partial charge in [-0.05, 0) is 61.7 Å². The van der Waals surface area contributed by atoms with E-state index in [4.69, 9.17) is 4.74 Å². The van der Waals surface area contributed by atoms with Crippen LogP contribution in [0.2, 0.25) is 0 Å². The summed E-state index contributed by atoms with van der Waals surface area (Å²) < 4.78 is 35.6. The maximum atomic E-state index is 12.6. The number of hydrogen-bond acceptors (Lipinski definition) is 5. The molecule has 1 atom stereocenters. The third kappa shape index (κ3) is 3.79. The van der Waals surface area contributed by atoms with Crippen molar-refractivity contribution in [3.05, 3.63) is 54.2 Å². The third-order valence-corrected chi connectivity index (χ3v) is 8.05. The number of aryl methyl sites for hydroxylation is 1. The van der Waals surface area contributed by atoms with E-state index in [0.717, 1.165) is 38.2 Å². The Labute approximate surface area is 183 Å². The van der Waals surface area contributed by atoms with E-state index in [-0.39, 0.29) is 12.1 Å². The van der Waals surface area contributed by atoms with Crippen molar-refractivity contribution in [3.8, 4) is 5.75 Å². The molecule has 1 fully saturated rings. The minimum absolute atomic E-state index is 0.257. The lowest BCUT2D eigenvalue weighted by atomic mass is 9.93. The fourth-order valence-corrected chi connectivity index (χ4v) is 6.23. The lowest BCUT2D eigenvalue weighted by Crippen LogP contribution is -2.51. The molecular formula is C23H28N4O3S. The molecule has 1 unspecified atom stereocenters. The Morgan fingerprint density at radius 2 is 1.90 bits per heavy atom. The van der Waals surface area contributed by atoms with Gasteiger partial charge in [-0.2, -0.15) is 4.72 Å². The van der Waals surface area contributed by atoms with E-state index in [1.54, 1.807) is 19.2 Å². The van der Waals surface area contributed by atoms with Crippen LogP contribution in [0.3, 0.4) is 0 Å². The van der Waals surface area contributed by atoms with Gasteiger partial charge in [-0.25, -0.2) is 8.42 Å². The van der Waals surface area contributed by atoms with E-state index in [2.05, 4.69) is 44.9 Å². The SMILES string of the molecule is COc1ccc2c(CN3CCC(C4Nc5ccccc5S(=O)(=O)N4)CC3)cn(C)c2c1. The third-order valence-electron chi connectivity index (χ3n) is 6.55. The summed E-state index contributed by atoms with van der Waals surface area (Å²) in [5.74, 6) is 1.13. The zero-order valence-electron chi connectivity index (χ0n) is 17.8. The normalized spacial score (nSPS) is 21.5. The van der Waals surface area contributed by atoms with Crippen LogP contribution >= 0.6 is 0 Å². The Morgan fingerprint density at radius 1 is 1.13 bits per heavy atom. The Bertz CT molecular complexity index is 1210. The highest BCUT2D eigenvalue weighted by Gasteiger charge is 2.35. The van der Waals surface area contributed by atoms with Crippen LogP contribution in [-0.2, 0) is 23.6 Å². The number of piperidine rings is 1. The molecule has 164 valence electrons. The van der Waals surface area contributed by atoms with Gasteiger partial charge in [0.05, 0.1) is 24.5 Å². The van der Waals surface area contributed by atoms with Crippen molar-refractivity contribution >= 4 is 26.6 Å². The zero-order chi connectivity index (χ0) is 21.6. The van der Waals surface area contributed by atoms with Crippen LogP contribution in [0.25, 0.3) is 10.9 Å². The fourth-order valence-electron chi connectivity index (χ4n) is 4.85. The van der Waals surface area contributed by atoms with Crippen LogP contribution < -0.4 is 14.8 Å². The molecule has 0 spiro atoms. The molecule has 31 heavy (non-hydrogen) atoms. The molecule has 0 aliphatic carbocycles. The minimum atomic E-state index is -3.47. The number of para-hydroxylation sites is 1. The molecule has 2 aromatic carbocycles. The predicted molar refractivity (Wildman–Crippen MR) is 122 cm³/mol. The molecule has 8 heteroatoms. The van der Waals surface area contributed by atoms with Crippen LogP contribution in [0.5, 0.6) is 5.75 Å². The monoisotopic (exact) mass is 440 g/mol. The second-order valence-electron chi connectivity index (χ2n) is 8.50. The number of fused-ring (bicyclic) bond motifs is 2. The molecule has 3 heterocycles. The number of rotatable bonds is 4. The molecule has 7 nitrogen and oxygen atoms in total. The fraction of sp³-hybridized carbons (Fsp3) is 0.391. The van der Waals surface area contributed by atoms with Gasteiger partial charge in [0.1, 0.15) is 10.6 Å². The standard InChI is InChI=1S/C23H28N4O3S/c1-26-14-17(19-8-7-18(30-2)13-21(19)26)15-27-11-9-16(10-12-27)23-24-20-5-3-4-6-22(20)31(28,29)25-23/h3-8,13-14,16,23-25H,9-12,15H2,1-2H3. The van der Waals surface area contributed by atoms with Crippen molar-refractivity contribution in [3.63, 3.8) is 0 Å². The lowest BCUT2D eigenvalue weighted by Gasteiger charge is -2.38. The number of aromatic nitrogens is 1. The largest absolute Gasteiger partial charge is 0.497 e. The number of sulfonamides is 1. The first-order valence-corrected chi connectivity index (χ1v) is 12.1. The van der Waals surface area contributed by atoms with E-state index in [0.29, 0.717) is 10.6 Å². The van der Waals surface area contributed by atoms with Gasteiger partial charge in [-0.15, -0.1) is 0 Å². The van der Waals surface area contributed by atoms with Gasteiger partial charge in [-0.3, -0.25) is 4.90 Å². The van der Waals surface area contributed by atoms with Gasteiger partial charge in [0, 0.05) is 31.2 Å². The molecule has 0 bridgehead atoms. The predicted octanol–water partition coefficient (Wildman–Crippen LogP) is 3.13. The number of ether oxygens (including phenoxy) is 1. The summed E-state index contributed by atoms with van der Waals surface area (Å²) >= 11 is 0. The number of anilines is 1. The van der Waals surface area contributed by atoms with Crippen molar-refractivity contribution in [1.82, 2.24) is 14.2 Å². The number of methoxy groups -OCH3 is 1. The summed E-state index contributed by atoms with van der Waals surface area (Å²) in [6, 6.07) is 13.3. The topological polar surface area (TPSA) is 75.6 Å². The van der Waals surface area contributed by atoms with Gasteiger partial charge in [0.15, 0.2) is 0 Å². The highest BCUT2D eigenvalue weighted by atomic mass is 32.2. The first kappa shape index (κ1) is 20.4. The molecule has 5 rings (SSSR count). The summed E-state index contributed by atoms with van der Waals surface area (Å²) in [4.78, 5) is 2.79. The number of likely N-dealkylation sites (tertiary alicyclic amines) is 1. The molecule has 3 aromatic rings. The molecular weight excluding hydrogens is 412 g/mol. The van der Waals surface area contributed by atoms with Crippen molar-refractivity contribution < 1.29 is 13.2 Å². The summed E-state index contributed by atoms with van der Waals surface area (Å²) in [6.45, 7) is 2.78. The van der Waals surface area contributed by atoms with Crippen molar-refractivity contribution in [2.45, 2.75) is 30.4 Å². The summed E-state index contributed by atoms with van der Waals surface area (Å²) in [5, 5.41) is 4.65. The quantitative estimate of drug-likeness (QED) is 0.652. The van der Waals surface area contributed by atoms with Gasteiger partial charge in [0.25, 0.3) is 0 Å². The van der Waals surface area contributed by atoms with Crippen LogP contribution in [0.1, 0.15) is 18.4 Å². The van der Waals surface area contributed by atoms with Gasteiger partial charge in [0.2, 0.25) is 10.0 Å². The number of hydrogen-bond donors (Lipinski definition) is 2. The molecule has 0 radical (unpaired) electrons. The number of benzene rings is 2. The lowest BCUT2D eigenvalue weighted by molar-refractivity contribution is 0.164.